The first-order valence-corrected chi connectivity index (χ1v) is 13.8. The molecular weight excluding hydrogens is 496 g/mol. The van der Waals surface area contributed by atoms with Crippen LogP contribution in [0.5, 0.6) is 5.75 Å². The van der Waals surface area contributed by atoms with E-state index < -0.39 is 18.6 Å². The number of rotatable bonds is 15. The molecule has 39 heavy (non-hydrogen) atoms. The number of nitrogens with one attached hydrogen (secondary N) is 1. The van der Waals surface area contributed by atoms with Crippen molar-refractivity contribution < 1.29 is 24.3 Å². The molecule has 0 radical (unpaired) electrons. The van der Waals surface area contributed by atoms with Gasteiger partial charge in [-0.15, -0.1) is 0 Å². The number of hydrogen-bond acceptors (Lipinski definition) is 8. The van der Waals surface area contributed by atoms with Crippen LogP contribution in [-0.4, -0.2) is 70.6 Å². The number of aliphatic hydroxyl groups is 2. The Morgan fingerprint density at radius 2 is 1.87 bits per heavy atom. The highest BCUT2D eigenvalue weighted by atomic mass is 16.5. The van der Waals surface area contributed by atoms with Gasteiger partial charge in [0.15, 0.2) is 0 Å². The van der Waals surface area contributed by atoms with Gasteiger partial charge in [0, 0.05) is 24.2 Å². The summed E-state index contributed by atoms with van der Waals surface area (Å²) in [7, 11) is 2.14. The largest absolute Gasteiger partial charge is 0.490 e. The second-order valence-corrected chi connectivity index (χ2v) is 10.0. The van der Waals surface area contributed by atoms with E-state index in [-0.39, 0.29) is 13.2 Å². The molecule has 0 aliphatic heterocycles. The predicted octanol–water partition coefficient (Wildman–Crippen LogP) is 3.92. The van der Waals surface area contributed by atoms with Crippen LogP contribution in [0.2, 0.25) is 0 Å². The minimum Gasteiger partial charge on any atom is -0.490 e. The van der Waals surface area contributed by atoms with E-state index in [4.69, 9.17) is 19.4 Å². The summed E-state index contributed by atoms with van der Waals surface area (Å²) in [5.74, 6) is 1.14. The van der Waals surface area contributed by atoms with Crippen LogP contribution in [0, 0.1) is 6.92 Å². The maximum absolute atomic E-state index is 11.2. The van der Waals surface area contributed by atoms with Crippen LogP contribution >= 0.6 is 0 Å². The van der Waals surface area contributed by atoms with Gasteiger partial charge < -0.3 is 29.7 Å². The molecule has 2 aromatic carbocycles. The predicted molar refractivity (Wildman–Crippen MR) is 152 cm³/mol. The van der Waals surface area contributed by atoms with E-state index in [1.807, 2.05) is 26.0 Å². The van der Waals surface area contributed by atoms with Crippen LogP contribution in [-0.2, 0) is 24.2 Å². The van der Waals surface area contributed by atoms with Crippen LogP contribution in [0.4, 0.5) is 0 Å². The lowest BCUT2D eigenvalue weighted by molar-refractivity contribution is -0.124. The minimum absolute atomic E-state index is 0.000316. The van der Waals surface area contributed by atoms with Gasteiger partial charge in [0.05, 0.1) is 0 Å². The van der Waals surface area contributed by atoms with Crippen molar-refractivity contribution in [3.05, 3.63) is 52.6 Å². The fourth-order valence-corrected chi connectivity index (χ4v) is 4.61. The van der Waals surface area contributed by atoms with E-state index in [1.165, 1.54) is 11.1 Å². The molecule has 212 valence electrons. The van der Waals surface area contributed by atoms with E-state index in [1.54, 1.807) is 0 Å². The Hall–Kier alpha value is -3.27. The van der Waals surface area contributed by atoms with E-state index in [2.05, 4.69) is 54.5 Å². The lowest BCUT2D eigenvalue weighted by Gasteiger charge is -2.17. The van der Waals surface area contributed by atoms with Gasteiger partial charge in [-0.1, -0.05) is 38.4 Å². The molecule has 0 spiro atoms. The molecule has 1 amide bonds. The second kappa shape index (κ2) is 14.8. The average Bonchev–Trinajstić information content (AvgIpc) is 3.41. The summed E-state index contributed by atoms with van der Waals surface area (Å²) >= 11 is 0. The molecule has 1 aromatic heterocycles. The number of carbonyl (C=O) groups excluding carboxylic acids is 1. The Bertz CT molecular complexity index is 1230. The summed E-state index contributed by atoms with van der Waals surface area (Å²) in [5.41, 5.74) is 6.08. The van der Waals surface area contributed by atoms with Gasteiger partial charge in [-0.25, -0.2) is 0 Å². The van der Waals surface area contributed by atoms with Gasteiger partial charge >= 0.3 is 0 Å². The molecule has 3 aromatic rings. The number of aromatic nitrogens is 2. The summed E-state index contributed by atoms with van der Waals surface area (Å²) < 4.78 is 11.7. The molecule has 0 bridgehead atoms. The van der Waals surface area contributed by atoms with Crippen molar-refractivity contribution in [1.29, 1.82) is 0 Å². The fourth-order valence-electron chi connectivity index (χ4n) is 4.61. The SMILES string of the molecule is CCCc1cc(CN(C)CCC)cc(-c2nc(-c3cc(C)c(OCC(O)CNC(=O)CO)c(CC)c3)no2)c1. The molecule has 1 unspecified atom stereocenters. The van der Waals surface area contributed by atoms with Crippen LogP contribution < -0.4 is 10.1 Å². The zero-order valence-electron chi connectivity index (χ0n) is 23.8. The number of nitrogens with zero attached hydrogens (tertiary/aromatic N) is 3. The molecule has 9 nitrogen and oxygen atoms in total. The van der Waals surface area contributed by atoms with E-state index >= 15 is 0 Å². The minimum atomic E-state index is -0.904. The van der Waals surface area contributed by atoms with Crippen molar-refractivity contribution in [3.63, 3.8) is 0 Å². The number of aliphatic hydroxyl groups excluding tert-OH is 2. The molecule has 1 atom stereocenters. The third-order valence-electron chi connectivity index (χ3n) is 6.41. The van der Waals surface area contributed by atoms with Crippen LogP contribution in [0.15, 0.2) is 34.9 Å². The van der Waals surface area contributed by atoms with E-state index in [0.717, 1.165) is 54.6 Å². The summed E-state index contributed by atoms with van der Waals surface area (Å²) in [6, 6.07) is 10.5. The number of amides is 1. The van der Waals surface area contributed by atoms with Crippen molar-refractivity contribution in [3.8, 4) is 28.6 Å². The quantitative estimate of drug-likeness (QED) is 0.266. The first kappa shape index (κ1) is 30.3. The summed E-state index contributed by atoms with van der Waals surface area (Å²) in [5, 5.41) is 25.7. The van der Waals surface area contributed by atoms with Crippen molar-refractivity contribution in [1.82, 2.24) is 20.4 Å². The highest BCUT2D eigenvalue weighted by Crippen LogP contribution is 2.32. The normalized spacial score (nSPS) is 12.1. The van der Waals surface area contributed by atoms with Gasteiger partial charge in [-0.2, -0.15) is 4.98 Å². The maximum atomic E-state index is 11.2. The molecule has 0 aliphatic carbocycles. The first-order valence-electron chi connectivity index (χ1n) is 13.8. The number of benzene rings is 2. The van der Waals surface area contributed by atoms with Crippen molar-refractivity contribution in [2.45, 2.75) is 66.0 Å². The zero-order valence-corrected chi connectivity index (χ0v) is 23.8. The fraction of sp³-hybridized carbons (Fsp3) is 0.500. The Morgan fingerprint density at radius 1 is 1.10 bits per heavy atom. The monoisotopic (exact) mass is 538 g/mol. The van der Waals surface area contributed by atoms with Gasteiger partial charge in [0.2, 0.25) is 11.7 Å². The van der Waals surface area contributed by atoms with Crippen LogP contribution in [0.25, 0.3) is 22.8 Å². The van der Waals surface area contributed by atoms with E-state index in [0.29, 0.717) is 23.9 Å². The molecule has 0 saturated carbocycles. The number of carbonyl (C=O) groups is 1. The van der Waals surface area contributed by atoms with Crippen LogP contribution in [0.1, 0.15) is 55.9 Å². The molecule has 0 fully saturated rings. The standard InChI is InChI=1S/C30H42N4O5/c1-6-9-21-12-22(17-34(5)10-7-2)14-25(13-21)30-32-29(33-39-30)24-11-20(4)28(23(8-3)15-24)38-19-26(36)16-31-27(37)18-35/h11-15,26,35-36H,6-10,16-19H2,1-5H3,(H,31,37). The Labute approximate surface area is 231 Å². The van der Waals surface area contributed by atoms with E-state index in [9.17, 15) is 9.90 Å². The van der Waals surface area contributed by atoms with Crippen molar-refractivity contribution in [2.24, 2.45) is 0 Å². The topological polar surface area (TPSA) is 121 Å². The zero-order chi connectivity index (χ0) is 28.4. The Kier molecular flexibility index (Phi) is 11.5. The number of aryl methyl sites for hydroxylation is 3. The average molecular weight is 539 g/mol. The molecule has 0 saturated heterocycles. The molecule has 0 aliphatic rings. The molecule has 3 N–H and O–H groups in total. The van der Waals surface area contributed by atoms with Gasteiger partial charge in [0.25, 0.3) is 5.89 Å². The van der Waals surface area contributed by atoms with Gasteiger partial charge in [0.1, 0.15) is 25.1 Å². The van der Waals surface area contributed by atoms with Gasteiger partial charge in [-0.3, -0.25) is 4.79 Å². The molecule has 9 heteroatoms. The lowest BCUT2D eigenvalue weighted by atomic mass is 10.0. The highest BCUT2D eigenvalue weighted by molar-refractivity contribution is 5.76. The van der Waals surface area contributed by atoms with Gasteiger partial charge in [-0.05, 0) is 86.3 Å². The number of hydrogen-bond donors (Lipinski definition) is 3. The van der Waals surface area contributed by atoms with Crippen molar-refractivity contribution in [2.75, 3.05) is 33.4 Å². The summed E-state index contributed by atoms with van der Waals surface area (Å²) in [6.45, 7) is 9.62. The summed E-state index contributed by atoms with van der Waals surface area (Å²) in [4.78, 5) is 18.3. The Balaban J connectivity index is 1.81. The van der Waals surface area contributed by atoms with Crippen molar-refractivity contribution >= 4 is 5.91 Å². The molecular formula is C30H42N4O5. The summed E-state index contributed by atoms with van der Waals surface area (Å²) in [6.07, 6.45) is 2.96. The highest BCUT2D eigenvalue weighted by Gasteiger charge is 2.17. The third-order valence-corrected chi connectivity index (χ3v) is 6.41. The number of ether oxygens (including phenoxy) is 1. The second-order valence-electron chi connectivity index (χ2n) is 10.0. The third kappa shape index (κ3) is 8.61. The first-order chi connectivity index (χ1) is 18.8. The Morgan fingerprint density at radius 3 is 2.56 bits per heavy atom. The lowest BCUT2D eigenvalue weighted by Crippen LogP contribution is -2.36. The molecule has 1 heterocycles. The maximum Gasteiger partial charge on any atom is 0.258 e. The smallest absolute Gasteiger partial charge is 0.258 e. The molecule has 3 rings (SSSR count). The van der Waals surface area contributed by atoms with Crippen LogP contribution in [0.3, 0.4) is 0 Å².